The molecule has 0 saturated heterocycles. The van der Waals surface area contributed by atoms with Gasteiger partial charge in [0, 0.05) is 36.4 Å². The quantitative estimate of drug-likeness (QED) is 0.730. The van der Waals surface area contributed by atoms with E-state index in [0.29, 0.717) is 5.92 Å². The Bertz CT molecular complexity index is 423. The van der Waals surface area contributed by atoms with E-state index < -0.39 is 0 Å². The smallest absolute Gasteiger partial charge is 0.0637 e. The number of ether oxygens (including phenoxy) is 1. The largest absolute Gasteiger partial charge is 0.383 e. The maximum atomic E-state index is 6.16. The van der Waals surface area contributed by atoms with Crippen LogP contribution in [0.25, 0.3) is 0 Å². The van der Waals surface area contributed by atoms with Gasteiger partial charge in [-0.3, -0.25) is 0 Å². The molecule has 21 heavy (non-hydrogen) atoms. The first-order valence-electron chi connectivity index (χ1n) is 7.75. The van der Waals surface area contributed by atoms with Gasteiger partial charge in [-0.2, -0.15) is 0 Å². The summed E-state index contributed by atoms with van der Waals surface area (Å²) in [7, 11) is 1.75. The highest BCUT2D eigenvalue weighted by Gasteiger charge is 2.15. The summed E-state index contributed by atoms with van der Waals surface area (Å²) < 4.78 is 6.38. The summed E-state index contributed by atoms with van der Waals surface area (Å²) in [4.78, 5) is 2.41. The van der Waals surface area contributed by atoms with Crippen molar-refractivity contribution in [2.24, 2.45) is 11.7 Å². The van der Waals surface area contributed by atoms with Crippen molar-refractivity contribution < 1.29 is 4.74 Å². The van der Waals surface area contributed by atoms with Gasteiger partial charge in [0.15, 0.2) is 0 Å². The molecule has 0 amide bonds. The number of hydrogen-bond acceptors (Lipinski definition) is 3. The van der Waals surface area contributed by atoms with Gasteiger partial charge in [0.2, 0.25) is 0 Å². The fraction of sp³-hybridized carbons (Fsp3) is 0.647. The van der Waals surface area contributed by atoms with E-state index in [0.717, 1.165) is 37.0 Å². The van der Waals surface area contributed by atoms with Crippen molar-refractivity contribution in [3.63, 3.8) is 0 Å². The second-order valence-corrected chi connectivity index (χ2v) is 6.89. The molecule has 0 aliphatic rings. The van der Waals surface area contributed by atoms with E-state index in [-0.39, 0.29) is 6.04 Å². The zero-order valence-corrected chi connectivity index (χ0v) is 15.3. The number of methoxy groups -OCH3 is 1. The van der Waals surface area contributed by atoms with Crippen LogP contribution in [0.2, 0.25) is 0 Å². The lowest BCUT2D eigenvalue weighted by molar-refractivity contribution is 0.204. The molecule has 1 aromatic rings. The average Bonchev–Trinajstić information content (AvgIpc) is 2.44. The molecule has 0 bridgehead atoms. The first-order valence-corrected chi connectivity index (χ1v) is 8.55. The first-order chi connectivity index (χ1) is 9.97. The van der Waals surface area contributed by atoms with Gasteiger partial charge >= 0.3 is 0 Å². The summed E-state index contributed by atoms with van der Waals surface area (Å²) in [5, 5.41) is 0. The van der Waals surface area contributed by atoms with Crippen LogP contribution in [-0.4, -0.2) is 32.8 Å². The number of anilines is 1. The van der Waals surface area contributed by atoms with E-state index in [1.165, 1.54) is 11.3 Å². The van der Waals surface area contributed by atoms with E-state index in [9.17, 15) is 0 Å². The highest BCUT2D eigenvalue weighted by molar-refractivity contribution is 9.10. The maximum absolute atomic E-state index is 6.16. The minimum absolute atomic E-state index is 0.216. The molecule has 0 aromatic heterocycles. The molecule has 1 aromatic carbocycles. The first kappa shape index (κ1) is 18.5. The molecule has 0 aliphatic carbocycles. The fourth-order valence-electron chi connectivity index (χ4n) is 2.38. The zero-order valence-electron chi connectivity index (χ0n) is 13.7. The van der Waals surface area contributed by atoms with Crippen LogP contribution in [0.5, 0.6) is 0 Å². The SMILES string of the molecule is CCC(N)Cc1ccc(Br)cc1N(CCOC)CC(C)C. The molecule has 0 fully saturated rings. The van der Waals surface area contributed by atoms with Crippen molar-refractivity contribution in [3.8, 4) is 0 Å². The summed E-state index contributed by atoms with van der Waals surface area (Å²) in [5.74, 6) is 0.605. The molecule has 1 rings (SSSR count). The number of nitrogens with zero attached hydrogens (tertiary/aromatic N) is 1. The molecule has 0 saturated carbocycles. The third-order valence-corrected chi connectivity index (χ3v) is 4.04. The van der Waals surface area contributed by atoms with E-state index in [1.807, 2.05) is 0 Å². The lowest BCUT2D eigenvalue weighted by atomic mass is 10.0. The van der Waals surface area contributed by atoms with Crippen molar-refractivity contribution in [1.82, 2.24) is 0 Å². The van der Waals surface area contributed by atoms with Crippen LogP contribution < -0.4 is 10.6 Å². The fourth-order valence-corrected chi connectivity index (χ4v) is 2.73. The lowest BCUT2D eigenvalue weighted by Gasteiger charge is -2.29. The summed E-state index contributed by atoms with van der Waals surface area (Å²) >= 11 is 3.59. The Labute approximate surface area is 138 Å². The van der Waals surface area contributed by atoms with Crippen molar-refractivity contribution in [3.05, 3.63) is 28.2 Å². The molecular weight excluding hydrogens is 328 g/mol. The normalized spacial score (nSPS) is 12.7. The van der Waals surface area contributed by atoms with Gasteiger partial charge in [0.25, 0.3) is 0 Å². The monoisotopic (exact) mass is 356 g/mol. The lowest BCUT2D eigenvalue weighted by Crippen LogP contribution is -2.32. The third kappa shape index (κ3) is 6.37. The van der Waals surface area contributed by atoms with Gasteiger partial charge in [-0.15, -0.1) is 0 Å². The molecule has 0 aliphatic heterocycles. The predicted octanol–water partition coefficient (Wildman–Crippen LogP) is 3.84. The molecule has 4 heteroatoms. The molecule has 0 heterocycles. The molecule has 0 radical (unpaired) electrons. The Balaban J connectivity index is 3.04. The summed E-state index contributed by atoms with van der Waals surface area (Å²) in [6, 6.07) is 6.71. The third-order valence-electron chi connectivity index (χ3n) is 3.55. The predicted molar refractivity (Wildman–Crippen MR) is 95.0 cm³/mol. The Kier molecular flexibility index (Phi) is 8.30. The Morgan fingerprint density at radius 2 is 2.05 bits per heavy atom. The molecule has 0 spiro atoms. The second-order valence-electron chi connectivity index (χ2n) is 5.98. The molecule has 120 valence electrons. The summed E-state index contributed by atoms with van der Waals surface area (Å²) in [6.07, 6.45) is 1.92. The van der Waals surface area contributed by atoms with Crippen LogP contribution in [-0.2, 0) is 11.2 Å². The van der Waals surface area contributed by atoms with Crippen molar-refractivity contribution >= 4 is 21.6 Å². The van der Waals surface area contributed by atoms with Crippen molar-refractivity contribution in [2.45, 2.75) is 39.7 Å². The highest BCUT2D eigenvalue weighted by atomic mass is 79.9. The van der Waals surface area contributed by atoms with E-state index in [4.69, 9.17) is 10.5 Å². The zero-order chi connectivity index (χ0) is 15.8. The average molecular weight is 357 g/mol. The number of nitrogens with two attached hydrogens (primary N) is 1. The molecular formula is C17H29BrN2O. The van der Waals surface area contributed by atoms with Gasteiger partial charge < -0.3 is 15.4 Å². The van der Waals surface area contributed by atoms with E-state index in [2.05, 4.69) is 59.8 Å². The van der Waals surface area contributed by atoms with Gasteiger partial charge in [-0.05, 0) is 36.5 Å². The van der Waals surface area contributed by atoms with Crippen LogP contribution >= 0.6 is 15.9 Å². The minimum Gasteiger partial charge on any atom is -0.383 e. The standard InChI is InChI=1S/C17H29BrN2O/c1-5-16(19)10-14-6-7-15(18)11-17(14)20(8-9-21-4)12-13(2)3/h6-7,11,13,16H,5,8-10,12,19H2,1-4H3. The maximum Gasteiger partial charge on any atom is 0.0637 e. The van der Waals surface area contributed by atoms with Crippen LogP contribution in [0, 0.1) is 5.92 Å². The van der Waals surface area contributed by atoms with E-state index >= 15 is 0 Å². The topological polar surface area (TPSA) is 38.5 Å². The Morgan fingerprint density at radius 1 is 1.33 bits per heavy atom. The van der Waals surface area contributed by atoms with Crippen LogP contribution in [0.3, 0.4) is 0 Å². The summed E-state index contributed by atoms with van der Waals surface area (Å²) in [5.41, 5.74) is 8.76. The second kappa shape index (κ2) is 9.44. The van der Waals surface area contributed by atoms with E-state index in [1.54, 1.807) is 7.11 Å². The van der Waals surface area contributed by atoms with Gasteiger partial charge in [0.05, 0.1) is 6.61 Å². The number of rotatable bonds is 9. The highest BCUT2D eigenvalue weighted by Crippen LogP contribution is 2.27. The van der Waals surface area contributed by atoms with Gasteiger partial charge in [-0.1, -0.05) is 42.8 Å². The van der Waals surface area contributed by atoms with Crippen molar-refractivity contribution in [1.29, 1.82) is 0 Å². The van der Waals surface area contributed by atoms with Crippen LogP contribution in [0.15, 0.2) is 22.7 Å². The van der Waals surface area contributed by atoms with Crippen LogP contribution in [0.4, 0.5) is 5.69 Å². The molecule has 3 nitrogen and oxygen atoms in total. The summed E-state index contributed by atoms with van der Waals surface area (Å²) in [6.45, 7) is 9.29. The minimum atomic E-state index is 0.216. The van der Waals surface area contributed by atoms with Crippen LogP contribution in [0.1, 0.15) is 32.8 Å². The number of halogens is 1. The molecule has 1 unspecified atom stereocenters. The Hall–Kier alpha value is -0.580. The molecule has 2 N–H and O–H groups in total. The molecule has 1 atom stereocenters. The number of hydrogen-bond donors (Lipinski definition) is 1. The number of benzene rings is 1. The van der Waals surface area contributed by atoms with Gasteiger partial charge in [0.1, 0.15) is 0 Å². The van der Waals surface area contributed by atoms with Crippen molar-refractivity contribution in [2.75, 3.05) is 31.7 Å². The van der Waals surface area contributed by atoms with Gasteiger partial charge in [-0.25, -0.2) is 0 Å². The Morgan fingerprint density at radius 3 is 2.62 bits per heavy atom.